The minimum Gasteiger partial charge on any atom is -0.368 e. The predicted octanol–water partition coefficient (Wildman–Crippen LogP) is 2.64. The van der Waals surface area contributed by atoms with E-state index in [1.807, 2.05) is 43.0 Å². The summed E-state index contributed by atoms with van der Waals surface area (Å²) in [7, 11) is 0. The Hall–Kier alpha value is -2.01. The van der Waals surface area contributed by atoms with Crippen LogP contribution in [0, 0.1) is 13.8 Å². The fourth-order valence-corrected chi connectivity index (χ4v) is 2.87. The molecule has 5 nitrogen and oxygen atoms in total. The first-order valence-electron chi connectivity index (χ1n) is 7.37. The number of nitrogens with zero attached hydrogens (tertiary/aromatic N) is 3. The van der Waals surface area contributed by atoms with Gasteiger partial charge in [-0.2, -0.15) is 5.10 Å². The molecule has 116 valence electrons. The summed E-state index contributed by atoms with van der Waals surface area (Å²) >= 11 is 6.04. The van der Waals surface area contributed by atoms with Gasteiger partial charge in [0.25, 0.3) is 5.91 Å². The standard InChI is InChI=1S/C16H19ClN4O/c1-11-12(2)18-19-15(11)16(22)21-8-6-20(7-9-21)14-5-3-4-13(17)10-14/h3-5,10H,6-9H2,1-2H3,(H,18,19). The van der Waals surface area contributed by atoms with Gasteiger partial charge >= 0.3 is 0 Å². The van der Waals surface area contributed by atoms with Crippen LogP contribution < -0.4 is 4.90 Å². The Balaban J connectivity index is 1.67. The van der Waals surface area contributed by atoms with Gasteiger partial charge in [-0.25, -0.2) is 0 Å². The van der Waals surface area contributed by atoms with Crippen molar-refractivity contribution in [2.75, 3.05) is 31.1 Å². The van der Waals surface area contributed by atoms with E-state index in [2.05, 4.69) is 15.1 Å². The molecule has 1 fully saturated rings. The Labute approximate surface area is 134 Å². The molecule has 0 radical (unpaired) electrons. The zero-order valence-corrected chi connectivity index (χ0v) is 13.5. The molecule has 1 aromatic heterocycles. The highest BCUT2D eigenvalue weighted by atomic mass is 35.5. The first-order chi connectivity index (χ1) is 10.6. The van der Waals surface area contributed by atoms with E-state index >= 15 is 0 Å². The summed E-state index contributed by atoms with van der Waals surface area (Å²) in [6.07, 6.45) is 0. The maximum absolute atomic E-state index is 12.5. The minimum atomic E-state index is 0.00703. The number of H-pyrrole nitrogens is 1. The summed E-state index contributed by atoms with van der Waals surface area (Å²) in [5.74, 6) is 0.00703. The van der Waals surface area contributed by atoms with Gasteiger partial charge in [0.1, 0.15) is 0 Å². The molecule has 3 rings (SSSR count). The Kier molecular flexibility index (Phi) is 4.07. The van der Waals surface area contributed by atoms with Crippen LogP contribution in [0.15, 0.2) is 24.3 Å². The lowest BCUT2D eigenvalue weighted by atomic mass is 10.2. The molecular formula is C16H19ClN4O. The van der Waals surface area contributed by atoms with Crippen LogP contribution in [0.25, 0.3) is 0 Å². The maximum Gasteiger partial charge on any atom is 0.274 e. The van der Waals surface area contributed by atoms with E-state index in [-0.39, 0.29) is 5.91 Å². The molecule has 1 aromatic carbocycles. The number of hydrogen-bond acceptors (Lipinski definition) is 3. The Morgan fingerprint density at radius 1 is 1.23 bits per heavy atom. The van der Waals surface area contributed by atoms with Gasteiger partial charge in [0.2, 0.25) is 0 Å². The molecule has 1 N–H and O–H groups in total. The van der Waals surface area contributed by atoms with Crippen LogP contribution in [0.2, 0.25) is 5.02 Å². The highest BCUT2D eigenvalue weighted by Crippen LogP contribution is 2.21. The van der Waals surface area contributed by atoms with Crippen molar-refractivity contribution in [3.63, 3.8) is 0 Å². The van der Waals surface area contributed by atoms with Crippen molar-refractivity contribution in [2.45, 2.75) is 13.8 Å². The first kappa shape index (κ1) is 14.9. The van der Waals surface area contributed by atoms with Gasteiger partial charge in [-0.05, 0) is 32.0 Å². The van der Waals surface area contributed by atoms with Gasteiger partial charge < -0.3 is 9.80 Å². The molecule has 22 heavy (non-hydrogen) atoms. The highest BCUT2D eigenvalue weighted by Gasteiger charge is 2.25. The van der Waals surface area contributed by atoms with E-state index in [0.717, 1.165) is 35.1 Å². The SMILES string of the molecule is Cc1[nH]nc(C(=O)N2CCN(c3cccc(Cl)c3)CC2)c1C. The van der Waals surface area contributed by atoms with Crippen LogP contribution in [-0.4, -0.2) is 47.2 Å². The van der Waals surface area contributed by atoms with E-state index < -0.39 is 0 Å². The molecule has 2 aromatic rings. The monoisotopic (exact) mass is 318 g/mol. The molecule has 0 spiro atoms. The number of rotatable bonds is 2. The lowest BCUT2D eigenvalue weighted by Crippen LogP contribution is -2.49. The van der Waals surface area contributed by atoms with Gasteiger partial charge in [-0.15, -0.1) is 0 Å². The smallest absolute Gasteiger partial charge is 0.274 e. The number of aryl methyl sites for hydroxylation is 1. The summed E-state index contributed by atoms with van der Waals surface area (Å²) in [6.45, 7) is 6.83. The molecule has 1 saturated heterocycles. The van der Waals surface area contributed by atoms with Crippen molar-refractivity contribution in [1.82, 2.24) is 15.1 Å². The molecule has 0 aliphatic carbocycles. The summed E-state index contributed by atoms with van der Waals surface area (Å²) in [6, 6.07) is 7.82. The average molecular weight is 319 g/mol. The largest absolute Gasteiger partial charge is 0.368 e. The lowest BCUT2D eigenvalue weighted by Gasteiger charge is -2.36. The molecule has 0 saturated carbocycles. The summed E-state index contributed by atoms with van der Waals surface area (Å²) in [4.78, 5) is 16.6. The number of aromatic nitrogens is 2. The minimum absolute atomic E-state index is 0.00703. The number of nitrogens with one attached hydrogen (secondary N) is 1. The summed E-state index contributed by atoms with van der Waals surface area (Å²) in [5.41, 5.74) is 3.52. The van der Waals surface area contributed by atoms with Crippen molar-refractivity contribution >= 4 is 23.2 Å². The molecule has 0 atom stereocenters. The Morgan fingerprint density at radius 3 is 2.55 bits per heavy atom. The second-order valence-corrected chi connectivity index (χ2v) is 6.02. The van der Waals surface area contributed by atoms with Crippen LogP contribution in [0.4, 0.5) is 5.69 Å². The van der Waals surface area contributed by atoms with Crippen molar-refractivity contribution in [3.05, 3.63) is 46.2 Å². The second-order valence-electron chi connectivity index (χ2n) is 5.58. The van der Waals surface area contributed by atoms with E-state index in [1.54, 1.807) is 0 Å². The fourth-order valence-electron chi connectivity index (χ4n) is 2.68. The van der Waals surface area contributed by atoms with E-state index in [9.17, 15) is 4.79 Å². The lowest BCUT2D eigenvalue weighted by molar-refractivity contribution is 0.0740. The number of halogens is 1. The van der Waals surface area contributed by atoms with Gasteiger partial charge in [0, 0.05) is 48.1 Å². The first-order valence-corrected chi connectivity index (χ1v) is 7.75. The molecule has 1 aliphatic rings. The molecule has 0 bridgehead atoms. The third-order valence-electron chi connectivity index (χ3n) is 4.20. The number of carbonyl (C=O) groups is 1. The normalized spacial score (nSPS) is 15.2. The van der Waals surface area contributed by atoms with Gasteiger partial charge in [0.05, 0.1) is 0 Å². The number of amides is 1. The van der Waals surface area contributed by atoms with Crippen molar-refractivity contribution in [2.24, 2.45) is 0 Å². The van der Waals surface area contributed by atoms with Gasteiger partial charge in [-0.3, -0.25) is 9.89 Å². The molecule has 1 amide bonds. The van der Waals surface area contributed by atoms with E-state index in [1.165, 1.54) is 0 Å². The number of hydrogen-bond donors (Lipinski definition) is 1. The van der Waals surface area contributed by atoms with Crippen molar-refractivity contribution in [3.8, 4) is 0 Å². The number of aromatic amines is 1. The molecule has 0 unspecified atom stereocenters. The number of benzene rings is 1. The second kappa shape index (κ2) is 6.01. The molecule has 1 aliphatic heterocycles. The Bertz CT molecular complexity index is 689. The third-order valence-corrected chi connectivity index (χ3v) is 4.43. The summed E-state index contributed by atoms with van der Waals surface area (Å²) in [5, 5.41) is 7.74. The average Bonchev–Trinajstić information content (AvgIpc) is 2.86. The number of anilines is 1. The molecule has 6 heteroatoms. The van der Waals surface area contributed by atoms with E-state index in [0.29, 0.717) is 18.8 Å². The Morgan fingerprint density at radius 2 is 1.95 bits per heavy atom. The zero-order valence-electron chi connectivity index (χ0n) is 12.8. The third kappa shape index (κ3) is 2.81. The van der Waals surface area contributed by atoms with Crippen molar-refractivity contribution in [1.29, 1.82) is 0 Å². The quantitative estimate of drug-likeness (QED) is 0.926. The van der Waals surface area contributed by atoms with Crippen molar-refractivity contribution < 1.29 is 4.79 Å². The van der Waals surface area contributed by atoms with Crippen LogP contribution in [0.3, 0.4) is 0 Å². The van der Waals surface area contributed by atoms with Gasteiger partial charge in [-0.1, -0.05) is 17.7 Å². The van der Waals surface area contributed by atoms with Gasteiger partial charge in [0.15, 0.2) is 5.69 Å². The number of carbonyl (C=O) groups excluding carboxylic acids is 1. The fraction of sp³-hybridized carbons (Fsp3) is 0.375. The molecular weight excluding hydrogens is 300 g/mol. The van der Waals surface area contributed by atoms with Crippen LogP contribution in [0.1, 0.15) is 21.7 Å². The van der Waals surface area contributed by atoms with E-state index in [4.69, 9.17) is 11.6 Å². The van der Waals surface area contributed by atoms with Crippen LogP contribution in [-0.2, 0) is 0 Å². The summed E-state index contributed by atoms with van der Waals surface area (Å²) < 4.78 is 0. The zero-order chi connectivity index (χ0) is 15.7. The van der Waals surface area contributed by atoms with Crippen LogP contribution in [0.5, 0.6) is 0 Å². The maximum atomic E-state index is 12.5. The predicted molar refractivity (Wildman–Crippen MR) is 87.6 cm³/mol. The topological polar surface area (TPSA) is 52.2 Å². The highest BCUT2D eigenvalue weighted by molar-refractivity contribution is 6.30. The van der Waals surface area contributed by atoms with Crippen LogP contribution >= 0.6 is 11.6 Å². The number of piperazine rings is 1. The molecule has 2 heterocycles.